The molecule has 1 radical (unpaired) electrons. The normalized spacial score (nSPS) is 13.1. The molecule has 0 fully saturated rings. The summed E-state index contributed by atoms with van der Waals surface area (Å²) in [6, 6.07) is 31.2. The maximum Gasteiger partial charge on any atom is 0.762 e. The van der Waals surface area contributed by atoms with Crippen LogP contribution in [-0.2, 0) is 19.5 Å². The molecule has 0 saturated heterocycles. The van der Waals surface area contributed by atoms with Crippen LogP contribution in [-0.4, -0.2) is 7.54 Å². The number of halogens is 4. The number of hydrogen-bond donors (Lipinski definition) is 0. The van der Waals surface area contributed by atoms with Crippen molar-refractivity contribution in [1.82, 2.24) is 0 Å². The van der Waals surface area contributed by atoms with Gasteiger partial charge >= 0.3 is 7.54 Å². The van der Waals surface area contributed by atoms with E-state index >= 15 is 0 Å². The van der Waals surface area contributed by atoms with Crippen molar-refractivity contribution in [3.63, 3.8) is 0 Å². The van der Waals surface area contributed by atoms with Gasteiger partial charge < -0.3 is 26.5 Å². The third-order valence-corrected chi connectivity index (χ3v) is 6.05. The number of rotatable bonds is 3. The smallest absolute Gasteiger partial charge is 0.762 e. The molecule has 7 heteroatoms. The second-order valence-corrected chi connectivity index (χ2v) is 8.71. The second-order valence-electron chi connectivity index (χ2n) is 7.99. The maximum atomic E-state index is 9.67. The molecule has 0 N–H and O–H groups in total. The molecule has 0 aromatic heterocycles. The molecule has 219 valence electrons. The fraction of sp³-hybridized carbons (Fsp3) is 0.219. The second kappa shape index (κ2) is 29.0. The molecule has 0 heterocycles. The summed E-state index contributed by atoms with van der Waals surface area (Å²) in [6.45, 7) is 6.12. The van der Waals surface area contributed by atoms with E-state index in [1.807, 2.05) is 18.2 Å². The van der Waals surface area contributed by atoms with Gasteiger partial charge in [0, 0.05) is 19.5 Å². The first kappa shape index (κ1) is 44.0. The third-order valence-electron chi connectivity index (χ3n) is 5.01. The molecule has 1 aliphatic rings. The zero-order chi connectivity index (χ0) is 25.7. The van der Waals surface area contributed by atoms with Gasteiger partial charge in [0.25, 0.3) is 0 Å². The van der Waals surface area contributed by atoms with Crippen LogP contribution in [0.1, 0.15) is 43.8 Å². The Morgan fingerprint density at radius 1 is 0.641 bits per heavy atom. The van der Waals surface area contributed by atoms with Crippen molar-refractivity contribution in [2.45, 2.75) is 38.3 Å². The predicted molar refractivity (Wildman–Crippen MR) is 164 cm³/mol. The molecule has 4 rings (SSSR count). The fourth-order valence-corrected chi connectivity index (χ4v) is 3.34. The van der Waals surface area contributed by atoms with E-state index in [1.54, 1.807) is 0 Å². The molecule has 0 amide bonds. The number of allylic oxidation sites excluding steroid dienone is 4. The molecule has 0 saturated carbocycles. The van der Waals surface area contributed by atoms with E-state index in [9.17, 15) is 12.9 Å². The van der Waals surface area contributed by atoms with Crippen molar-refractivity contribution in [1.29, 1.82) is 0 Å². The third kappa shape index (κ3) is 23.6. The first-order valence-corrected chi connectivity index (χ1v) is 12.5. The van der Waals surface area contributed by atoms with Crippen LogP contribution in [0.4, 0.5) is 12.9 Å². The Labute approximate surface area is 251 Å². The van der Waals surface area contributed by atoms with Crippen LogP contribution in [0.3, 0.4) is 0 Å². The minimum Gasteiger partial charge on any atom is -1.00 e. The number of benzene rings is 3. The first-order valence-electron chi connectivity index (χ1n) is 11.9. The summed E-state index contributed by atoms with van der Waals surface area (Å²) in [5.41, 5.74) is 4.38. The predicted octanol–water partition coefficient (Wildman–Crippen LogP) is 7.88. The van der Waals surface area contributed by atoms with Gasteiger partial charge in [0.05, 0.1) is 0 Å². The van der Waals surface area contributed by atoms with Gasteiger partial charge in [-0.3, -0.25) is 12.9 Å². The zero-order valence-corrected chi connectivity index (χ0v) is 26.0. The van der Waals surface area contributed by atoms with E-state index in [1.165, 1.54) is 42.4 Å². The molecule has 1 unspecified atom stereocenters. The largest absolute Gasteiger partial charge is 1.00 e. The standard InChI is InChI=1S/C12H10.C10H14P.C8H12.2CH3.BF3.FH.Rh/c1-3-7-11(8-4-1)12-9-5-2-6-10-12;1-8(2)10(11)9-6-4-3-5-7-9;1-2-4-6-8-7-5-3-1;;;2-1(3)4;;/h1-10H;3-8,10H,1,11H2,2H3;1-2,7-8H,3-6H2;2*1H3;;1H;/q;-1;;2*-1;;;/p-1/b;;2-1-,8-7?;;;;;/t;8-,10+;;;;;;/m.0....../s1. The Bertz CT molecular complexity index is 874. The molecule has 3 aromatic carbocycles. The molecule has 0 nitrogen and oxygen atoms in total. The van der Waals surface area contributed by atoms with E-state index in [-0.39, 0.29) is 39.0 Å². The summed E-state index contributed by atoms with van der Waals surface area (Å²) in [4.78, 5) is 0. The van der Waals surface area contributed by atoms with Gasteiger partial charge in [-0.15, -0.1) is 9.24 Å². The molecule has 1 aliphatic carbocycles. The van der Waals surface area contributed by atoms with E-state index in [4.69, 9.17) is 0 Å². The average molecular weight is 647 g/mol. The molecule has 0 bridgehead atoms. The minimum atomic E-state index is -3.67. The van der Waals surface area contributed by atoms with E-state index in [0.717, 1.165) is 0 Å². The topological polar surface area (TPSA) is 0 Å². The van der Waals surface area contributed by atoms with Gasteiger partial charge in [-0.05, 0) is 48.0 Å². The maximum absolute atomic E-state index is 9.67. The van der Waals surface area contributed by atoms with Crippen LogP contribution in [0.5, 0.6) is 0 Å². The zero-order valence-electron chi connectivity index (χ0n) is 23.2. The monoisotopic (exact) mass is 647 g/mol. The Morgan fingerprint density at radius 3 is 1.15 bits per heavy atom. The summed E-state index contributed by atoms with van der Waals surface area (Å²) in [6.07, 6.45) is 14.0. The van der Waals surface area contributed by atoms with E-state index in [0.29, 0.717) is 11.6 Å². The van der Waals surface area contributed by atoms with Gasteiger partial charge in [0.15, 0.2) is 0 Å². The minimum absolute atomic E-state index is 0. The molecule has 3 atom stereocenters. The van der Waals surface area contributed by atoms with Crippen molar-refractivity contribution in [2.75, 3.05) is 0 Å². The van der Waals surface area contributed by atoms with Crippen molar-refractivity contribution in [2.24, 2.45) is 5.92 Å². The van der Waals surface area contributed by atoms with Crippen molar-refractivity contribution < 1.29 is 37.1 Å². The Morgan fingerprint density at radius 2 is 0.897 bits per heavy atom. The van der Waals surface area contributed by atoms with Gasteiger partial charge in [-0.25, -0.2) is 0 Å². The molecule has 0 spiro atoms. The van der Waals surface area contributed by atoms with Crippen LogP contribution in [0.15, 0.2) is 115 Å². The SMILES string of the molecule is C1=CCC/C=C\CC1.FB(F)F.[CH2-][C@@H](C)[C@@H](P)c1ccccc1.[CH3-].[CH3-].[F-].[Rh].c1ccc(-c2ccccc2)cc1. The summed E-state index contributed by atoms with van der Waals surface area (Å²) in [5, 5.41) is 0. The molecule has 0 aliphatic heterocycles. The van der Waals surface area contributed by atoms with Crippen molar-refractivity contribution >= 4 is 16.8 Å². The summed E-state index contributed by atoms with van der Waals surface area (Å²) in [5.74, 6) is 0.447. The van der Waals surface area contributed by atoms with Crippen LogP contribution >= 0.6 is 9.24 Å². The van der Waals surface area contributed by atoms with Gasteiger partial charge in [0.2, 0.25) is 0 Å². The van der Waals surface area contributed by atoms with Crippen LogP contribution < -0.4 is 4.70 Å². The summed E-state index contributed by atoms with van der Waals surface area (Å²) < 4.78 is 29.0. The quantitative estimate of drug-likeness (QED) is 0.0893. The van der Waals surface area contributed by atoms with Crippen LogP contribution in [0.25, 0.3) is 11.1 Å². The van der Waals surface area contributed by atoms with Gasteiger partial charge in [-0.2, -0.15) is 5.92 Å². The Balaban J connectivity index is -0.000000213. The van der Waals surface area contributed by atoms with Crippen molar-refractivity contribution in [3.05, 3.63) is 143 Å². The Hall–Kier alpha value is -2.02. The average Bonchev–Trinajstić information content (AvgIpc) is 2.85. The van der Waals surface area contributed by atoms with E-state index in [2.05, 4.69) is 120 Å². The van der Waals surface area contributed by atoms with Crippen LogP contribution in [0.2, 0.25) is 0 Å². The number of hydrogen-bond acceptors (Lipinski definition) is 0. The van der Waals surface area contributed by atoms with Crippen LogP contribution in [0, 0.1) is 27.7 Å². The molecular weight excluding hydrogens is 605 g/mol. The van der Waals surface area contributed by atoms with Crippen molar-refractivity contribution in [3.8, 4) is 11.1 Å². The Kier molecular flexibility index (Phi) is 32.7. The molecule has 3 aromatic rings. The summed E-state index contributed by atoms with van der Waals surface area (Å²) >= 11 is 0. The van der Waals surface area contributed by atoms with Gasteiger partial charge in [-0.1, -0.05) is 122 Å². The first-order chi connectivity index (χ1) is 16.9. The van der Waals surface area contributed by atoms with E-state index < -0.39 is 7.54 Å². The fourth-order valence-electron chi connectivity index (χ4n) is 3.12. The van der Waals surface area contributed by atoms with Gasteiger partial charge in [0.1, 0.15) is 0 Å². The molecular formula is C32H42BF4PRh-4. The molecule has 39 heavy (non-hydrogen) atoms. The summed E-state index contributed by atoms with van der Waals surface area (Å²) in [7, 11) is -0.841.